The van der Waals surface area contributed by atoms with Gasteiger partial charge in [0.1, 0.15) is 17.3 Å². The number of nitrogens with zero attached hydrogens (tertiary/aromatic N) is 4. The van der Waals surface area contributed by atoms with E-state index in [4.69, 9.17) is 14.8 Å². The highest BCUT2D eigenvalue weighted by atomic mass is 16.5. The summed E-state index contributed by atoms with van der Waals surface area (Å²) in [6.45, 7) is 13.2. The van der Waals surface area contributed by atoms with Gasteiger partial charge in [0, 0.05) is 40.4 Å². The van der Waals surface area contributed by atoms with Crippen molar-refractivity contribution in [1.29, 1.82) is 0 Å². The molecule has 0 atom stereocenters. The van der Waals surface area contributed by atoms with Crippen LogP contribution in [-0.2, 0) is 12.8 Å². The molecule has 0 fully saturated rings. The van der Waals surface area contributed by atoms with Crippen molar-refractivity contribution in [3.63, 3.8) is 0 Å². The fourth-order valence-corrected chi connectivity index (χ4v) is 7.44. The van der Waals surface area contributed by atoms with Crippen molar-refractivity contribution in [3.8, 4) is 34.1 Å². The van der Waals surface area contributed by atoms with Gasteiger partial charge in [0.15, 0.2) is 0 Å². The molecule has 3 heterocycles. The van der Waals surface area contributed by atoms with E-state index in [1.54, 1.807) is 0 Å². The van der Waals surface area contributed by atoms with Crippen LogP contribution in [0, 0.1) is 26.7 Å². The summed E-state index contributed by atoms with van der Waals surface area (Å²) in [5, 5.41) is 7.49. The molecule has 0 aliphatic heterocycles. The first-order chi connectivity index (χ1) is 24.8. The van der Waals surface area contributed by atoms with Crippen molar-refractivity contribution in [2.45, 2.75) is 86.5 Å². The van der Waals surface area contributed by atoms with E-state index < -0.39 is 0 Å². The highest BCUT2D eigenvalue weighted by Crippen LogP contribution is 2.37. The second kappa shape index (κ2) is 15.0. The molecule has 0 amide bonds. The first-order valence-corrected chi connectivity index (χ1v) is 18.7. The van der Waals surface area contributed by atoms with Crippen molar-refractivity contribution in [2.24, 2.45) is 5.92 Å². The number of pyridine rings is 1. The Kier molecular flexibility index (Phi) is 10.1. The van der Waals surface area contributed by atoms with Crippen LogP contribution < -0.4 is 4.74 Å². The summed E-state index contributed by atoms with van der Waals surface area (Å²) >= 11 is 0. The summed E-state index contributed by atoms with van der Waals surface area (Å²) in [6, 6.07) is 34.8. The molecule has 260 valence electrons. The van der Waals surface area contributed by atoms with Crippen LogP contribution in [0.5, 0.6) is 11.5 Å². The standard InChI is InChI=1S/C46H50N4O/c1-7-8-15-36-26-38(50-34(6)46(33(5)48-50)37-17-10-9-11-18-37)29-40(27-36)51-39-20-21-41-42-28-35(16-13-12-14-31(2)3)19-22-43(42)49(44(41)30-39)45-25-32(4)23-24-47-45/h9-11,17-31H,7-8,12-16H2,1-6H3. The van der Waals surface area contributed by atoms with Crippen LogP contribution >= 0.6 is 0 Å². The molecule has 0 N–H and O–H groups in total. The van der Waals surface area contributed by atoms with Crippen LogP contribution in [0.3, 0.4) is 0 Å². The van der Waals surface area contributed by atoms with Gasteiger partial charge in [-0.25, -0.2) is 9.67 Å². The second-order valence-corrected chi connectivity index (χ2v) is 14.6. The number of aromatic nitrogens is 4. The van der Waals surface area contributed by atoms with E-state index >= 15 is 0 Å². The highest BCUT2D eigenvalue weighted by molar-refractivity contribution is 6.09. The van der Waals surface area contributed by atoms with E-state index in [0.29, 0.717) is 0 Å². The molecule has 0 aliphatic rings. The van der Waals surface area contributed by atoms with Gasteiger partial charge in [0.2, 0.25) is 0 Å². The maximum absolute atomic E-state index is 6.78. The number of rotatable bonds is 13. The molecule has 0 saturated carbocycles. The molecule has 0 saturated heterocycles. The van der Waals surface area contributed by atoms with Gasteiger partial charge in [0.05, 0.1) is 22.4 Å². The minimum atomic E-state index is 0.750. The number of fused-ring (bicyclic) bond motifs is 3. The Morgan fingerprint density at radius 1 is 0.706 bits per heavy atom. The van der Waals surface area contributed by atoms with Gasteiger partial charge in [-0.1, -0.05) is 76.4 Å². The highest BCUT2D eigenvalue weighted by Gasteiger charge is 2.18. The third-order valence-electron chi connectivity index (χ3n) is 10.0. The lowest BCUT2D eigenvalue weighted by molar-refractivity contribution is 0.482. The SMILES string of the molecule is CCCCc1cc(Oc2ccc3c4cc(CCCCC(C)C)ccc4n(-c4cc(C)ccn4)c3c2)cc(-n2nc(C)c(-c3ccccc3)c2C)c1. The second-order valence-electron chi connectivity index (χ2n) is 14.6. The molecule has 4 aromatic carbocycles. The van der Waals surface area contributed by atoms with Crippen LogP contribution in [0.4, 0.5) is 0 Å². The van der Waals surface area contributed by atoms with Crippen LogP contribution in [0.2, 0.25) is 0 Å². The molecule has 51 heavy (non-hydrogen) atoms. The maximum atomic E-state index is 6.78. The van der Waals surface area contributed by atoms with Gasteiger partial charge in [-0.2, -0.15) is 5.10 Å². The average Bonchev–Trinajstić information content (AvgIpc) is 3.61. The molecule has 0 aliphatic carbocycles. The van der Waals surface area contributed by atoms with E-state index in [0.717, 1.165) is 77.0 Å². The number of benzene rings is 4. The molecule has 7 rings (SSSR count). The van der Waals surface area contributed by atoms with Crippen molar-refractivity contribution < 1.29 is 4.74 Å². The van der Waals surface area contributed by atoms with Gasteiger partial charge >= 0.3 is 0 Å². The molecule has 0 unspecified atom stereocenters. The van der Waals surface area contributed by atoms with Crippen molar-refractivity contribution in [2.75, 3.05) is 0 Å². The lowest BCUT2D eigenvalue weighted by Crippen LogP contribution is -2.02. The Labute approximate surface area is 302 Å². The smallest absolute Gasteiger partial charge is 0.137 e. The summed E-state index contributed by atoms with van der Waals surface area (Å²) in [4.78, 5) is 4.83. The third-order valence-corrected chi connectivity index (χ3v) is 10.0. The maximum Gasteiger partial charge on any atom is 0.137 e. The van der Waals surface area contributed by atoms with Gasteiger partial charge < -0.3 is 4.74 Å². The number of hydrogen-bond acceptors (Lipinski definition) is 3. The summed E-state index contributed by atoms with van der Waals surface area (Å²) in [6.07, 6.45) is 9.98. The normalized spacial score (nSPS) is 11.7. The van der Waals surface area contributed by atoms with Crippen molar-refractivity contribution in [1.82, 2.24) is 19.3 Å². The van der Waals surface area contributed by atoms with Gasteiger partial charge in [-0.3, -0.25) is 4.57 Å². The minimum Gasteiger partial charge on any atom is -0.457 e. The molecule has 0 radical (unpaired) electrons. The number of hydrogen-bond donors (Lipinski definition) is 0. The Bertz CT molecular complexity index is 2290. The predicted octanol–water partition coefficient (Wildman–Crippen LogP) is 12.5. The molecule has 0 bridgehead atoms. The lowest BCUT2D eigenvalue weighted by Gasteiger charge is -2.13. The number of aryl methyl sites for hydroxylation is 4. The Hall–Kier alpha value is -5.16. The van der Waals surface area contributed by atoms with Crippen LogP contribution in [0.1, 0.15) is 81.0 Å². The summed E-state index contributed by atoms with van der Waals surface area (Å²) in [7, 11) is 0. The molecule has 5 nitrogen and oxygen atoms in total. The molecule has 0 spiro atoms. The first-order valence-electron chi connectivity index (χ1n) is 18.7. The van der Waals surface area contributed by atoms with Gasteiger partial charge in [-0.15, -0.1) is 0 Å². The van der Waals surface area contributed by atoms with E-state index in [1.807, 2.05) is 6.20 Å². The summed E-state index contributed by atoms with van der Waals surface area (Å²) < 4.78 is 11.1. The largest absolute Gasteiger partial charge is 0.457 e. The van der Waals surface area contributed by atoms with Crippen LogP contribution in [0.25, 0.3) is 44.4 Å². The van der Waals surface area contributed by atoms with Crippen LogP contribution in [-0.4, -0.2) is 19.3 Å². The molecule has 5 heteroatoms. The third kappa shape index (κ3) is 7.35. The van der Waals surface area contributed by atoms with Crippen LogP contribution in [0.15, 0.2) is 103 Å². The molecular weight excluding hydrogens is 625 g/mol. The summed E-state index contributed by atoms with van der Waals surface area (Å²) in [5.74, 6) is 3.27. The Balaban J connectivity index is 1.29. The number of unbranched alkanes of at least 4 members (excludes halogenated alkanes) is 2. The Morgan fingerprint density at radius 3 is 2.31 bits per heavy atom. The lowest BCUT2D eigenvalue weighted by atomic mass is 10.0. The summed E-state index contributed by atoms with van der Waals surface area (Å²) in [5.41, 5.74) is 11.6. The zero-order valence-electron chi connectivity index (χ0n) is 31.0. The monoisotopic (exact) mass is 674 g/mol. The zero-order chi connectivity index (χ0) is 35.5. The minimum absolute atomic E-state index is 0.750. The van der Waals surface area contributed by atoms with E-state index in [-0.39, 0.29) is 0 Å². The van der Waals surface area contributed by atoms with Crippen molar-refractivity contribution in [3.05, 3.63) is 131 Å². The van der Waals surface area contributed by atoms with E-state index in [9.17, 15) is 0 Å². The van der Waals surface area contributed by atoms with Crippen molar-refractivity contribution >= 4 is 21.8 Å². The zero-order valence-corrected chi connectivity index (χ0v) is 31.0. The number of ether oxygens (including phenoxy) is 1. The fraction of sp³-hybridized carbons (Fsp3) is 0.304. The topological polar surface area (TPSA) is 44.9 Å². The molecular formula is C46H50N4O. The van der Waals surface area contributed by atoms with E-state index in [1.165, 1.54) is 57.9 Å². The quantitative estimate of drug-likeness (QED) is 0.114. The van der Waals surface area contributed by atoms with Gasteiger partial charge in [0.25, 0.3) is 0 Å². The fourth-order valence-electron chi connectivity index (χ4n) is 7.44. The average molecular weight is 675 g/mol. The molecule has 7 aromatic rings. The Morgan fingerprint density at radius 2 is 1.53 bits per heavy atom. The van der Waals surface area contributed by atoms with Gasteiger partial charge in [-0.05, 0) is 123 Å². The van der Waals surface area contributed by atoms with E-state index in [2.05, 4.69) is 148 Å². The first kappa shape index (κ1) is 34.3. The molecule has 3 aromatic heterocycles. The predicted molar refractivity (Wildman–Crippen MR) is 213 cm³/mol.